The average molecular weight is 293 g/mol. The van der Waals surface area contributed by atoms with E-state index >= 15 is 0 Å². The molecule has 2 aliphatic rings. The molecule has 2 bridgehead atoms. The number of hydrogen-bond acceptors (Lipinski definition) is 3. The highest BCUT2D eigenvalue weighted by Gasteiger charge is 2.42. The van der Waals surface area contributed by atoms with Gasteiger partial charge in [0.05, 0.1) is 11.7 Å². The van der Waals surface area contributed by atoms with Gasteiger partial charge in [-0.1, -0.05) is 37.3 Å². The first-order valence-corrected chi connectivity index (χ1v) is 8.00. The van der Waals surface area contributed by atoms with Crippen LogP contribution in [-0.4, -0.2) is 26.8 Å². The maximum Gasteiger partial charge on any atom is 0.223 e. The molecule has 2 aliphatic heterocycles. The largest absolute Gasteiger partial charge is 0.332 e. The van der Waals surface area contributed by atoms with E-state index in [9.17, 15) is 4.79 Å². The van der Waals surface area contributed by atoms with E-state index in [1.807, 2.05) is 43.5 Å². The van der Waals surface area contributed by atoms with Gasteiger partial charge in [-0.2, -0.15) is 0 Å². The zero-order valence-electron chi connectivity index (χ0n) is 12.7. The molecular weight excluding hydrogens is 274 g/mol. The van der Waals surface area contributed by atoms with Crippen molar-refractivity contribution in [3.63, 3.8) is 0 Å². The molecule has 4 heteroatoms. The highest BCUT2D eigenvalue weighted by molar-refractivity contribution is 5.77. The van der Waals surface area contributed by atoms with Crippen molar-refractivity contribution >= 4 is 5.91 Å². The first-order valence-electron chi connectivity index (χ1n) is 8.00. The van der Waals surface area contributed by atoms with E-state index in [2.05, 4.69) is 9.88 Å². The van der Waals surface area contributed by atoms with Crippen molar-refractivity contribution in [3.8, 4) is 11.4 Å². The summed E-state index contributed by atoms with van der Waals surface area (Å²) in [6, 6.07) is 10.6. The molecule has 1 fully saturated rings. The lowest BCUT2D eigenvalue weighted by molar-refractivity contribution is -0.134. The van der Waals surface area contributed by atoms with Crippen LogP contribution >= 0.6 is 0 Å². The summed E-state index contributed by atoms with van der Waals surface area (Å²) in [5, 5.41) is 0. The van der Waals surface area contributed by atoms with Crippen LogP contribution in [0.5, 0.6) is 0 Å². The van der Waals surface area contributed by atoms with Crippen LogP contribution in [0, 0.1) is 0 Å². The molecule has 3 heterocycles. The summed E-state index contributed by atoms with van der Waals surface area (Å²) >= 11 is 0. The maximum atomic E-state index is 12.2. The van der Waals surface area contributed by atoms with Crippen LogP contribution in [0.3, 0.4) is 0 Å². The zero-order valence-corrected chi connectivity index (χ0v) is 12.7. The maximum absolute atomic E-state index is 12.2. The van der Waals surface area contributed by atoms with Crippen LogP contribution in [0.2, 0.25) is 0 Å². The van der Waals surface area contributed by atoms with Gasteiger partial charge < -0.3 is 4.90 Å². The number of fused-ring (bicyclic) bond motifs is 4. The lowest BCUT2D eigenvalue weighted by Gasteiger charge is -2.35. The van der Waals surface area contributed by atoms with Crippen LogP contribution in [-0.2, 0) is 11.2 Å². The zero-order chi connectivity index (χ0) is 15.1. The molecular formula is C18H19N3O. The third-order valence-electron chi connectivity index (χ3n) is 4.81. The van der Waals surface area contributed by atoms with Crippen LogP contribution in [0.25, 0.3) is 11.4 Å². The van der Waals surface area contributed by atoms with Gasteiger partial charge in [0.25, 0.3) is 0 Å². The number of nitrogens with zero attached hydrogens (tertiary/aromatic N) is 3. The van der Waals surface area contributed by atoms with Crippen LogP contribution in [0.4, 0.5) is 0 Å². The van der Waals surface area contributed by atoms with Crippen LogP contribution in [0.15, 0.2) is 36.5 Å². The quantitative estimate of drug-likeness (QED) is 0.854. The summed E-state index contributed by atoms with van der Waals surface area (Å²) in [5.74, 6) is 1.04. The minimum Gasteiger partial charge on any atom is -0.332 e. The number of carbonyl (C=O) groups excluding carboxylic acids is 1. The molecule has 4 rings (SSSR count). The molecule has 4 nitrogen and oxygen atoms in total. The van der Waals surface area contributed by atoms with Crippen molar-refractivity contribution in [2.45, 2.75) is 44.7 Å². The van der Waals surface area contributed by atoms with Crippen LogP contribution in [0.1, 0.15) is 43.5 Å². The number of benzene rings is 1. The Morgan fingerprint density at radius 1 is 1.27 bits per heavy atom. The van der Waals surface area contributed by atoms with Gasteiger partial charge in [-0.05, 0) is 12.8 Å². The second-order valence-electron chi connectivity index (χ2n) is 6.07. The van der Waals surface area contributed by atoms with Crippen molar-refractivity contribution in [1.29, 1.82) is 0 Å². The Labute approximate surface area is 130 Å². The highest BCUT2D eigenvalue weighted by atomic mass is 16.2. The molecule has 0 unspecified atom stereocenters. The summed E-state index contributed by atoms with van der Waals surface area (Å²) in [6.45, 7) is 1.94. The molecule has 22 heavy (non-hydrogen) atoms. The smallest absolute Gasteiger partial charge is 0.223 e. The molecule has 0 saturated carbocycles. The second-order valence-corrected chi connectivity index (χ2v) is 6.07. The molecule has 2 aromatic rings. The van der Waals surface area contributed by atoms with E-state index in [4.69, 9.17) is 4.98 Å². The average Bonchev–Trinajstić information content (AvgIpc) is 2.89. The first kappa shape index (κ1) is 13.4. The Kier molecular flexibility index (Phi) is 3.17. The van der Waals surface area contributed by atoms with Crippen molar-refractivity contribution in [2.75, 3.05) is 0 Å². The Bertz CT molecular complexity index is 714. The molecule has 1 aromatic carbocycles. The Hall–Kier alpha value is -2.23. The third kappa shape index (κ3) is 2.02. The van der Waals surface area contributed by atoms with Gasteiger partial charge in [0, 0.05) is 36.2 Å². The minimum atomic E-state index is 0.186. The Morgan fingerprint density at radius 3 is 2.86 bits per heavy atom. The molecule has 1 saturated heterocycles. The van der Waals surface area contributed by atoms with E-state index in [-0.39, 0.29) is 11.9 Å². The number of carbonyl (C=O) groups is 1. The molecule has 0 N–H and O–H groups in total. The predicted molar refractivity (Wildman–Crippen MR) is 84.1 cm³/mol. The van der Waals surface area contributed by atoms with E-state index in [0.29, 0.717) is 12.5 Å². The Balaban J connectivity index is 1.73. The molecule has 112 valence electrons. The number of rotatable bonds is 2. The van der Waals surface area contributed by atoms with E-state index < -0.39 is 0 Å². The highest BCUT2D eigenvalue weighted by Crippen LogP contribution is 2.43. The van der Waals surface area contributed by atoms with Gasteiger partial charge in [0.2, 0.25) is 5.91 Å². The predicted octanol–water partition coefficient (Wildman–Crippen LogP) is 3.14. The monoisotopic (exact) mass is 293 g/mol. The topological polar surface area (TPSA) is 46.1 Å². The molecule has 0 aliphatic carbocycles. The van der Waals surface area contributed by atoms with Gasteiger partial charge in [-0.15, -0.1) is 0 Å². The van der Waals surface area contributed by atoms with Gasteiger partial charge in [-0.3, -0.25) is 4.79 Å². The van der Waals surface area contributed by atoms with Crippen molar-refractivity contribution in [1.82, 2.24) is 14.9 Å². The molecule has 0 spiro atoms. The molecule has 2 atom stereocenters. The minimum absolute atomic E-state index is 0.186. The van der Waals surface area contributed by atoms with Crippen molar-refractivity contribution < 1.29 is 4.79 Å². The number of hydrogen-bond donors (Lipinski definition) is 0. The fourth-order valence-electron chi connectivity index (χ4n) is 3.77. The molecule has 1 amide bonds. The van der Waals surface area contributed by atoms with Gasteiger partial charge >= 0.3 is 0 Å². The standard InChI is InChI=1S/C18H19N3O/c1-2-17(22)21-13-8-9-16(21)14-11-19-18(20-15(14)10-13)12-6-4-3-5-7-12/h3-7,11,13,16H,2,8-10H2,1H3/t13-,16+/m0/s1. The summed E-state index contributed by atoms with van der Waals surface area (Å²) in [4.78, 5) is 23.6. The Morgan fingerprint density at radius 2 is 2.09 bits per heavy atom. The van der Waals surface area contributed by atoms with Crippen LogP contribution < -0.4 is 0 Å². The fraction of sp³-hybridized carbons (Fsp3) is 0.389. The van der Waals surface area contributed by atoms with E-state index in [1.165, 1.54) is 0 Å². The lowest BCUT2D eigenvalue weighted by atomic mass is 9.98. The fourth-order valence-corrected chi connectivity index (χ4v) is 3.77. The second kappa shape index (κ2) is 5.20. The van der Waals surface area contributed by atoms with Gasteiger partial charge in [0.1, 0.15) is 0 Å². The van der Waals surface area contributed by atoms with E-state index in [1.54, 1.807) is 0 Å². The summed E-state index contributed by atoms with van der Waals surface area (Å²) in [5.41, 5.74) is 3.32. The van der Waals surface area contributed by atoms with Gasteiger partial charge in [-0.25, -0.2) is 9.97 Å². The molecule has 1 aromatic heterocycles. The lowest BCUT2D eigenvalue weighted by Crippen LogP contribution is -2.42. The normalized spacial score (nSPS) is 22.5. The first-order chi connectivity index (χ1) is 10.8. The molecule has 0 radical (unpaired) electrons. The van der Waals surface area contributed by atoms with Crippen molar-refractivity contribution in [3.05, 3.63) is 47.8 Å². The SMILES string of the molecule is CCC(=O)N1[C@H]2CC[C@@H]1c1cnc(-c3ccccc3)nc1C2. The third-order valence-corrected chi connectivity index (χ3v) is 4.81. The number of aromatic nitrogens is 2. The van der Waals surface area contributed by atoms with Gasteiger partial charge in [0.15, 0.2) is 5.82 Å². The summed E-state index contributed by atoms with van der Waals surface area (Å²) < 4.78 is 0. The van der Waals surface area contributed by atoms with E-state index in [0.717, 1.165) is 41.9 Å². The summed E-state index contributed by atoms with van der Waals surface area (Å²) in [6.07, 6.45) is 5.49. The van der Waals surface area contributed by atoms with Crippen molar-refractivity contribution in [2.24, 2.45) is 0 Å². The number of amides is 1. The summed E-state index contributed by atoms with van der Waals surface area (Å²) in [7, 11) is 0.